The summed E-state index contributed by atoms with van der Waals surface area (Å²) in [5, 5.41) is 3.58. The fourth-order valence-electron chi connectivity index (χ4n) is 4.36. The van der Waals surface area contributed by atoms with Crippen LogP contribution in [0.1, 0.15) is 44.6 Å². The smallest absolute Gasteiger partial charge is 0.244 e. The van der Waals surface area contributed by atoms with Crippen molar-refractivity contribution in [3.05, 3.63) is 59.1 Å². The van der Waals surface area contributed by atoms with E-state index in [2.05, 4.69) is 5.32 Å². The number of anilines is 1. The molecule has 196 valence electrons. The third-order valence-electron chi connectivity index (χ3n) is 6.38. The molecule has 8 nitrogen and oxygen atoms in total. The van der Waals surface area contributed by atoms with E-state index in [1.807, 2.05) is 6.07 Å². The number of amides is 2. The van der Waals surface area contributed by atoms with Gasteiger partial charge in [-0.15, -0.1) is 0 Å². The number of nitrogens with one attached hydrogen (secondary N) is 1. The highest BCUT2D eigenvalue weighted by atomic mass is 35.5. The van der Waals surface area contributed by atoms with Gasteiger partial charge in [-0.3, -0.25) is 13.9 Å². The first-order valence-corrected chi connectivity index (χ1v) is 14.3. The summed E-state index contributed by atoms with van der Waals surface area (Å²) < 4.78 is 31.6. The number of halogens is 1. The number of hydrogen-bond donors (Lipinski definition) is 1. The molecule has 1 N–H and O–H groups in total. The van der Waals surface area contributed by atoms with E-state index in [4.69, 9.17) is 16.3 Å². The van der Waals surface area contributed by atoms with Crippen LogP contribution in [0.5, 0.6) is 5.75 Å². The molecule has 0 radical (unpaired) electrons. The Hall–Kier alpha value is -2.78. The summed E-state index contributed by atoms with van der Waals surface area (Å²) in [4.78, 5) is 28.2. The minimum atomic E-state index is -3.81. The first kappa shape index (κ1) is 27.8. The largest absolute Gasteiger partial charge is 0.497 e. The van der Waals surface area contributed by atoms with Crippen LogP contribution < -0.4 is 14.4 Å². The molecule has 36 heavy (non-hydrogen) atoms. The highest BCUT2D eigenvalue weighted by molar-refractivity contribution is 7.92. The zero-order valence-electron chi connectivity index (χ0n) is 20.9. The molecule has 0 aliphatic heterocycles. The molecule has 1 aliphatic carbocycles. The molecule has 1 aliphatic rings. The fourth-order valence-corrected chi connectivity index (χ4v) is 5.42. The number of carbonyl (C=O) groups excluding carboxylic acids is 2. The number of rotatable bonds is 10. The van der Waals surface area contributed by atoms with Crippen molar-refractivity contribution in [2.24, 2.45) is 0 Å². The Bertz CT molecular complexity index is 1170. The summed E-state index contributed by atoms with van der Waals surface area (Å²) in [5.74, 6) is -0.302. The van der Waals surface area contributed by atoms with Crippen molar-refractivity contribution >= 4 is 39.1 Å². The zero-order chi connectivity index (χ0) is 26.3. The Kier molecular flexibility index (Phi) is 9.62. The normalized spacial score (nSPS) is 15.1. The molecule has 2 amide bonds. The van der Waals surface area contributed by atoms with Crippen molar-refractivity contribution < 1.29 is 22.7 Å². The molecule has 0 saturated heterocycles. The Labute approximate surface area is 218 Å². The average molecular weight is 536 g/mol. The second kappa shape index (κ2) is 12.5. The summed E-state index contributed by atoms with van der Waals surface area (Å²) in [6.45, 7) is 1.30. The minimum absolute atomic E-state index is 0.0844. The van der Waals surface area contributed by atoms with E-state index in [0.29, 0.717) is 16.5 Å². The lowest BCUT2D eigenvalue weighted by Crippen LogP contribution is -2.52. The third-order valence-corrected chi connectivity index (χ3v) is 7.76. The monoisotopic (exact) mass is 535 g/mol. The first-order valence-electron chi connectivity index (χ1n) is 12.0. The number of nitrogens with zero attached hydrogens (tertiary/aromatic N) is 2. The van der Waals surface area contributed by atoms with Gasteiger partial charge in [0.1, 0.15) is 18.3 Å². The molecule has 0 aromatic heterocycles. The van der Waals surface area contributed by atoms with Crippen molar-refractivity contribution in [2.45, 2.75) is 57.7 Å². The average Bonchev–Trinajstić information content (AvgIpc) is 2.85. The van der Waals surface area contributed by atoms with Crippen LogP contribution in [0.3, 0.4) is 0 Å². The predicted octanol–water partition coefficient (Wildman–Crippen LogP) is 3.98. The van der Waals surface area contributed by atoms with Gasteiger partial charge in [0.25, 0.3) is 0 Å². The molecule has 1 saturated carbocycles. The van der Waals surface area contributed by atoms with Gasteiger partial charge >= 0.3 is 0 Å². The molecule has 3 rings (SSSR count). The third kappa shape index (κ3) is 7.61. The van der Waals surface area contributed by atoms with E-state index in [1.54, 1.807) is 49.4 Å². The van der Waals surface area contributed by atoms with Crippen molar-refractivity contribution in [1.29, 1.82) is 0 Å². The maximum Gasteiger partial charge on any atom is 0.244 e. The van der Waals surface area contributed by atoms with Crippen LogP contribution in [0.25, 0.3) is 0 Å². The van der Waals surface area contributed by atoms with Gasteiger partial charge in [-0.2, -0.15) is 0 Å². The lowest BCUT2D eigenvalue weighted by molar-refractivity contribution is -0.139. The number of sulfonamides is 1. The Morgan fingerprint density at radius 3 is 2.44 bits per heavy atom. The maximum atomic E-state index is 13.6. The van der Waals surface area contributed by atoms with Crippen molar-refractivity contribution in [1.82, 2.24) is 10.2 Å². The Morgan fingerprint density at radius 1 is 1.11 bits per heavy atom. The molecular formula is C26H34ClN3O5S. The van der Waals surface area contributed by atoms with Gasteiger partial charge in [0.2, 0.25) is 21.8 Å². The highest BCUT2D eigenvalue weighted by Gasteiger charge is 2.31. The second-order valence-corrected chi connectivity index (χ2v) is 11.5. The fraction of sp³-hybridized carbons (Fsp3) is 0.462. The summed E-state index contributed by atoms with van der Waals surface area (Å²) in [7, 11) is -2.33. The SMILES string of the molecule is COc1cccc(N(CC(=O)N(Cc2cccc(Cl)c2)[C@@H](C)C(=O)NC2CCCCC2)S(C)(=O)=O)c1. The molecule has 1 atom stereocenters. The van der Waals surface area contributed by atoms with E-state index >= 15 is 0 Å². The van der Waals surface area contributed by atoms with Gasteiger partial charge in [0.05, 0.1) is 19.1 Å². The summed E-state index contributed by atoms with van der Waals surface area (Å²) >= 11 is 6.15. The van der Waals surface area contributed by atoms with Gasteiger partial charge < -0.3 is 15.0 Å². The van der Waals surface area contributed by atoms with Crippen LogP contribution in [-0.4, -0.2) is 57.1 Å². The number of benzene rings is 2. The van der Waals surface area contributed by atoms with E-state index in [-0.39, 0.29) is 18.5 Å². The molecule has 0 unspecified atom stereocenters. The van der Waals surface area contributed by atoms with Crippen LogP contribution in [0.4, 0.5) is 5.69 Å². The molecule has 0 spiro atoms. The van der Waals surface area contributed by atoms with E-state index < -0.39 is 28.5 Å². The van der Waals surface area contributed by atoms with Crippen molar-refractivity contribution in [2.75, 3.05) is 24.2 Å². The van der Waals surface area contributed by atoms with Crippen molar-refractivity contribution in [3.8, 4) is 5.75 Å². The molecule has 0 bridgehead atoms. The summed E-state index contributed by atoms with van der Waals surface area (Å²) in [6.07, 6.45) is 6.16. The van der Waals surface area contributed by atoms with E-state index in [0.717, 1.165) is 48.2 Å². The maximum absolute atomic E-state index is 13.6. The lowest BCUT2D eigenvalue weighted by atomic mass is 9.95. The van der Waals surface area contributed by atoms with Crippen LogP contribution in [-0.2, 0) is 26.2 Å². The van der Waals surface area contributed by atoms with E-state index in [1.165, 1.54) is 12.0 Å². The molecule has 1 fully saturated rings. The Morgan fingerprint density at radius 2 is 1.81 bits per heavy atom. The van der Waals surface area contributed by atoms with E-state index in [9.17, 15) is 18.0 Å². The predicted molar refractivity (Wildman–Crippen MR) is 142 cm³/mol. The number of methoxy groups -OCH3 is 1. The van der Waals surface area contributed by atoms with Crippen LogP contribution >= 0.6 is 11.6 Å². The van der Waals surface area contributed by atoms with Crippen LogP contribution in [0.2, 0.25) is 5.02 Å². The molecule has 2 aromatic carbocycles. The van der Waals surface area contributed by atoms with Gasteiger partial charge in [-0.1, -0.05) is 49.1 Å². The Balaban J connectivity index is 1.88. The molecule has 0 heterocycles. The molecular weight excluding hydrogens is 502 g/mol. The first-order chi connectivity index (χ1) is 17.1. The zero-order valence-corrected chi connectivity index (χ0v) is 22.5. The van der Waals surface area contributed by atoms with Crippen LogP contribution in [0.15, 0.2) is 48.5 Å². The highest BCUT2D eigenvalue weighted by Crippen LogP contribution is 2.24. The standard InChI is InChI=1S/C26H34ClN3O5S/c1-19(26(32)28-22-11-5-4-6-12-22)29(17-20-9-7-10-21(27)15-20)25(31)18-30(36(3,33)34)23-13-8-14-24(16-23)35-2/h7-10,13-16,19,22H,4-6,11-12,17-18H2,1-3H3,(H,28,32)/t19-/m0/s1. The molecule has 2 aromatic rings. The number of hydrogen-bond acceptors (Lipinski definition) is 5. The van der Waals surface area contributed by atoms with Gasteiger partial charge in [-0.25, -0.2) is 8.42 Å². The second-order valence-electron chi connectivity index (χ2n) is 9.14. The number of carbonyl (C=O) groups is 2. The van der Waals surface area contributed by atoms with Gasteiger partial charge in [-0.05, 0) is 49.6 Å². The van der Waals surface area contributed by atoms with Crippen LogP contribution in [0, 0.1) is 0 Å². The molecule has 10 heteroatoms. The lowest BCUT2D eigenvalue weighted by Gasteiger charge is -2.33. The quantitative estimate of drug-likeness (QED) is 0.496. The van der Waals surface area contributed by atoms with Crippen molar-refractivity contribution in [3.63, 3.8) is 0 Å². The summed E-state index contributed by atoms with van der Waals surface area (Å²) in [6, 6.07) is 12.8. The summed E-state index contributed by atoms with van der Waals surface area (Å²) in [5.41, 5.74) is 1.03. The topological polar surface area (TPSA) is 96.0 Å². The minimum Gasteiger partial charge on any atom is -0.497 e. The van der Waals surface area contributed by atoms with Gasteiger partial charge in [0.15, 0.2) is 0 Å². The number of ether oxygens (including phenoxy) is 1. The van der Waals surface area contributed by atoms with Gasteiger partial charge in [0, 0.05) is 23.7 Å².